The van der Waals surface area contributed by atoms with Crippen LogP contribution in [-0.2, 0) is 14.3 Å². The Morgan fingerprint density at radius 1 is 1.31 bits per heavy atom. The topological polar surface area (TPSA) is 47.6 Å². The fourth-order valence-electron chi connectivity index (χ4n) is 1.03. The second kappa shape index (κ2) is 7.09. The van der Waals surface area contributed by atoms with Gasteiger partial charge >= 0.3 is 5.97 Å². The van der Waals surface area contributed by atoms with Crippen LogP contribution in [-0.4, -0.2) is 32.8 Å². The van der Waals surface area contributed by atoms with E-state index in [1.807, 2.05) is 0 Å². The van der Waals surface area contributed by atoms with Gasteiger partial charge < -0.3 is 14.8 Å². The molecule has 88 valence electrons. The molecule has 0 atom stereocenters. The number of nitrogens with one attached hydrogen (secondary N) is 1. The summed E-state index contributed by atoms with van der Waals surface area (Å²) >= 11 is 5.73. The summed E-state index contributed by atoms with van der Waals surface area (Å²) in [7, 11) is 1.56. The van der Waals surface area contributed by atoms with Crippen molar-refractivity contribution in [2.75, 3.05) is 32.2 Å². The number of carbonyl (C=O) groups excluding carboxylic acids is 1. The lowest BCUT2D eigenvalue weighted by Gasteiger charge is -2.06. The van der Waals surface area contributed by atoms with E-state index in [1.165, 1.54) is 0 Å². The maximum atomic E-state index is 11.2. The minimum absolute atomic E-state index is 0.130. The minimum Gasteiger partial charge on any atom is -0.462 e. The first-order chi connectivity index (χ1) is 7.72. The van der Waals surface area contributed by atoms with Crippen molar-refractivity contribution in [1.29, 1.82) is 0 Å². The molecule has 5 heteroatoms. The molecule has 1 N–H and O–H groups in total. The lowest BCUT2D eigenvalue weighted by atomic mass is 10.3. The average molecular weight is 244 g/mol. The Bertz CT molecular complexity index is 327. The Labute approximate surface area is 99.5 Å². The van der Waals surface area contributed by atoms with Crippen molar-refractivity contribution >= 4 is 23.3 Å². The van der Waals surface area contributed by atoms with Crippen molar-refractivity contribution in [2.45, 2.75) is 0 Å². The zero-order valence-electron chi connectivity index (χ0n) is 9.03. The lowest BCUT2D eigenvalue weighted by Crippen LogP contribution is -2.18. The van der Waals surface area contributed by atoms with Crippen LogP contribution in [0.4, 0.5) is 5.69 Å². The molecule has 4 nitrogen and oxygen atoms in total. The Morgan fingerprint density at radius 2 is 2.00 bits per heavy atom. The van der Waals surface area contributed by atoms with Gasteiger partial charge in [0.2, 0.25) is 0 Å². The van der Waals surface area contributed by atoms with E-state index in [0.717, 1.165) is 5.69 Å². The van der Waals surface area contributed by atoms with Gasteiger partial charge in [0.25, 0.3) is 0 Å². The summed E-state index contributed by atoms with van der Waals surface area (Å²) in [6.45, 7) is 0.815. The molecule has 0 bridgehead atoms. The molecule has 16 heavy (non-hydrogen) atoms. The summed E-state index contributed by atoms with van der Waals surface area (Å²) in [5.74, 6) is -0.313. The molecule has 0 aromatic heterocycles. The van der Waals surface area contributed by atoms with Crippen LogP contribution in [0.3, 0.4) is 0 Å². The molecule has 0 unspecified atom stereocenters. The number of ether oxygens (including phenoxy) is 2. The van der Waals surface area contributed by atoms with E-state index >= 15 is 0 Å². The molecule has 0 aliphatic heterocycles. The maximum Gasteiger partial charge on any atom is 0.325 e. The van der Waals surface area contributed by atoms with Gasteiger partial charge in [-0.25, -0.2) is 0 Å². The SMILES string of the molecule is COCCOC(=O)CNc1ccc(Cl)cc1. The van der Waals surface area contributed by atoms with Crippen LogP contribution in [0, 0.1) is 0 Å². The van der Waals surface area contributed by atoms with Gasteiger partial charge in [-0.1, -0.05) is 11.6 Å². The lowest BCUT2D eigenvalue weighted by molar-refractivity contribution is -0.142. The first kappa shape index (κ1) is 12.8. The Morgan fingerprint density at radius 3 is 2.62 bits per heavy atom. The predicted molar refractivity (Wildman–Crippen MR) is 62.8 cm³/mol. The number of methoxy groups -OCH3 is 1. The minimum atomic E-state index is -0.313. The van der Waals surface area contributed by atoms with Gasteiger partial charge in [-0.2, -0.15) is 0 Å². The third-order valence-electron chi connectivity index (χ3n) is 1.83. The fraction of sp³-hybridized carbons (Fsp3) is 0.364. The summed E-state index contributed by atoms with van der Waals surface area (Å²) < 4.78 is 9.63. The van der Waals surface area contributed by atoms with Crippen molar-refractivity contribution < 1.29 is 14.3 Å². The molecule has 0 radical (unpaired) electrons. The number of hydrogen-bond donors (Lipinski definition) is 1. The van der Waals surface area contributed by atoms with Gasteiger partial charge in [0.1, 0.15) is 13.2 Å². The highest BCUT2D eigenvalue weighted by Gasteiger charge is 2.01. The predicted octanol–water partition coefficient (Wildman–Crippen LogP) is 1.94. The number of rotatable bonds is 6. The standard InChI is InChI=1S/C11H14ClNO3/c1-15-6-7-16-11(14)8-13-10-4-2-9(12)3-5-10/h2-5,13H,6-8H2,1H3. The second-order valence-electron chi connectivity index (χ2n) is 3.07. The van der Waals surface area contributed by atoms with Crippen molar-refractivity contribution in [3.8, 4) is 0 Å². The van der Waals surface area contributed by atoms with E-state index in [1.54, 1.807) is 31.4 Å². The molecule has 1 aromatic rings. The van der Waals surface area contributed by atoms with Gasteiger partial charge in [-0.05, 0) is 24.3 Å². The summed E-state index contributed by atoms with van der Waals surface area (Å²) in [6, 6.07) is 7.09. The van der Waals surface area contributed by atoms with Crippen LogP contribution in [0.5, 0.6) is 0 Å². The highest BCUT2D eigenvalue weighted by molar-refractivity contribution is 6.30. The van der Waals surface area contributed by atoms with Gasteiger partial charge in [-0.3, -0.25) is 4.79 Å². The third-order valence-corrected chi connectivity index (χ3v) is 2.08. The zero-order valence-corrected chi connectivity index (χ0v) is 9.79. The molecular weight excluding hydrogens is 230 g/mol. The van der Waals surface area contributed by atoms with Crippen molar-refractivity contribution in [1.82, 2.24) is 0 Å². The van der Waals surface area contributed by atoms with Crippen molar-refractivity contribution in [3.63, 3.8) is 0 Å². The molecule has 0 aliphatic carbocycles. The number of anilines is 1. The highest BCUT2D eigenvalue weighted by Crippen LogP contribution is 2.12. The molecule has 1 rings (SSSR count). The largest absolute Gasteiger partial charge is 0.462 e. The van der Waals surface area contributed by atoms with E-state index < -0.39 is 0 Å². The average Bonchev–Trinajstić information content (AvgIpc) is 2.29. The van der Waals surface area contributed by atoms with E-state index in [4.69, 9.17) is 21.1 Å². The van der Waals surface area contributed by atoms with Gasteiger partial charge in [0.15, 0.2) is 0 Å². The zero-order chi connectivity index (χ0) is 11.8. The van der Waals surface area contributed by atoms with Crippen molar-refractivity contribution in [2.24, 2.45) is 0 Å². The summed E-state index contributed by atoms with van der Waals surface area (Å²) in [5.41, 5.74) is 0.827. The van der Waals surface area contributed by atoms with Crippen LogP contribution in [0.15, 0.2) is 24.3 Å². The quantitative estimate of drug-likeness (QED) is 0.613. The first-order valence-corrected chi connectivity index (χ1v) is 5.24. The number of carbonyl (C=O) groups is 1. The molecule has 0 aliphatic rings. The summed E-state index contributed by atoms with van der Waals surface area (Å²) in [5, 5.41) is 3.58. The van der Waals surface area contributed by atoms with E-state index in [9.17, 15) is 4.79 Å². The normalized spacial score (nSPS) is 9.88. The molecule has 0 amide bonds. The summed E-state index contributed by atoms with van der Waals surface area (Å²) in [4.78, 5) is 11.2. The molecule has 0 saturated carbocycles. The maximum absolute atomic E-state index is 11.2. The van der Waals surface area contributed by atoms with Gasteiger partial charge in [0, 0.05) is 17.8 Å². The van der Waals surface area contributed by atoms with Gasteiger partial charge in [-0.15, -0.1) is 0 Å². The third kappa shape index (κ3) is 5.00. The van der Waals surface area contributed by atoms with Crippen LogP contribution in [0.1, 0.15) is 0 Å². The number of hydrogen-bond acceptors (Lipinski definition) is 4. The van der Waals surface area contributed by atoms with E-state index in [0.29, 0.717) is 11.6 Å². The van der Waals surface area contributed by atoms with Crippen LogP contribution >= 0.6 is 11.6 Å². The van der Waals surface area contributed by atoms with Crippen LogP contribution in [0.25, 0.3) is 0 Å². The first-order valence-electron chi connectivity index (χ1n) is 4.86. The monoisotopic (exact) mass is 243 g/mol. The number of halogens is 1. The molecule has 0 heterocycles. The van der Waals surface area contributed by atoms with Crippen LogP contribution < -0.4 is 5.32 Å². The molecule has 1 aromatic carbocycles. The van der Waals surface area contributed by atoms with E-state index in [2.05, 4.69) is 5.32 Å². The number of benzene rings is 1. The second-order valence-corrected chi connectivity index (χ2v) is 3.51. The van der Waals surface area contributed by atoms with Crippen molar-refractivity contribution in [3.05, 3.63) is 29.3 Å². The van der Waals surface area contributed by atoms with E-state index in [-0.39, 0.29) is 19.1 Å². The van der Waals surface area contributed by atoms with Gasteiger partial charge in [0.05, 0.1) is 6.61 Å². The molecule has 0 saturated heterocycles. The molecule has 0 spiro atoms. The van der Waals surface area contributed by atoms with Crippen LogP contribution in [0.2, 0.25) is 5.02 Å². The Balaban J connectivity index is 2.23. The molecular formula is C11H14ClNO3. The Hall–Kier alpha value is -1.26. The number of esters is 1. The highest BCUT2D eigenvalue weighted by atomic mass is 35.5. The Kier molecular flexibility index (Phi) is 5.67. The smallest absolute Gasteiger partial charge is 0.325 e. The summed E-state index contributed by atoms with van der Waals surface area (Å²) in [6.07, 6.45) is 0. The fourth-order valence-corrected chi connectivity index (χ4v) is 1.16. The molecule has 0 fully saturated rings.